The van der Waals surface area contributed by atoms with E-state index in [0.717, 1.165) is 23.2 Å². The molecule has 0 radical (unpaired) electrons. The molecule has 1 fully saturated rings. The molecule has 1 aliphatic rings. The summed E-state index contributed by atoms with van der Waals surface area (Å²) in [6, 6.07) is 6.62. The lowest BCUT2D eigenvalue weighted by Gasteiger charge is -2.27. The van der Waals surface area contributed by atoms with Gasteiger partial charge in [-0.05, 0) is 50.7 Å². The van der Waals surface area contributed by atoms with E-state index in [9.17, 15) is 0 Å². The quantitative estimate of drug-likeness (QED) is 0.917. The van der Waals surface area contributed by atoms with Gasteiger partial charge < -0.3 is 5.32 Å². The maximum Gasteiger partial charge on any atom is 0.243 e. The third-order valence-electron chi connectivity index (χ3n) is 4.31. The molecule has 2 heterocycles. The van der Waals surface area contributed by atoms with Crippen LogP contribution in [0.15, 0.2) is 18.2 Å². The van der Waals surface area contributed by atoms with Gasteiger partial charge in [-0.25, -0.2) is 4.52 Å². The Labute approximate surface area is 114 Å². The molecule has 0 saturated heterocycles. The van der Waals surface area contributed by atoms with E-state index in [-0.39, 0.29) is 0 Å². The van der Waals surface area contributed by atoms with Crippen molar-refractivity contribution in [3.05, 3.63) is 23.9 Å². The van der Waals surface area contributed by atoms with Gasteiger partial charge in [-0.3, -0.25) is 0 Å². The number of pyridine rings is 1. The van der Waals surface area contributed by atoms with E-state index >= 15 is 0 Å². The molecule has 1 N–H and O–H groups in total. The summed E-state index contributed by atoms with van der Waals surface area (Å²) in [4.78, 5) is 4.55. The number of hydrogen-bond donors (Lipinski definition) is 1. The van der Waals surface area contributed by atoms with Crippen molar-refractivity contribution in [1.29, 1.82) is 0 Å². The molecular formula is C15H22N4. The molecule has 0 unspecified atom stereocenters. The van der Waals surface area contributed by atoms with E-state index in [1.165, 1.54) is 32.1 Å². The summed E-state index contributed by atoms with van der Waals surface area (Å²) in [5, 5.41) is 8.04. The summed E-state index contributed by atoms with van der Waals surface area (Å²) >= 11 is 0. The molecule has 0 aliphatic heterocycles. The predicted molar refractivity (Wildman–Crippen MR) is 77.4 cm³/mol. The number of nitrogens with one attached hydrogen (secondary N) is 1. The summed E-state index contributed by atoms with van der Waals surface area (Å²) in [5.74, 6) is 1.70. The Kier molecular flexibility index (Phi) is 3.40. The van der Waals surface area contributed by atoms with E-state index in [4.69, 9.17) is 0 Å². The van der Waals surface area contributed by atoms with Crippen molar-refractivity contribution in [2.24, 2.45) is 5.92 Å². The Balaban J connectivity index is 1.70. The second-order valence-electron chi connectivity index (χ2n) is 5.64. The zero-order valence-corrected chi connectivity index (χ0v) is 11.8. The monoisotopic (exact) mass is 258 g/mol. The molecule has 2 aromatic heterocycles. The van der Waals surface area contributed by atoms with Crippen molar-refractivity contribution in [2.75, 3.05) is 5.32 Å². The number of aromatic nitrogens is 3. The number of hydrogen-bond acceptors (Lipinski definition) is 3. The highest BCUT2D eigenvalue weighted by Crippen LogP contribution is 2.27. The lowest BCUT2D eigenvalue weighted by atomic mass is 9.85. The van der Waals surface area contributed by atoms with Crippen LogP contribution in [0, 0.1) is 12.8 Å². The van der Waals surface area contributed by atoms with Crippen LogP contribution in [-0.2, 0) is 0 Å². The molecule has 0 aromatic carbocycles. The second-order valence-corrected chi connectivity index (χ2v) is 5.64. The van der Waals surface area contributed by atoms with Gasteiger partial charge in [-0.2, -0.15) is 4.98 Å². The van der Waals surface area contributed by atoms with Crippen LogP contribution >= 0.6 is 0 Å². The fraction of sp³-hybridized carbons (Fsp3) is 0.600. The number of aryl methyl sites for hydroxylation is 1. The van der Waals surface area contributed by atoms with Gasteiger partial charge in [0.15, 0.2) is 5.65 Å². The van der Waals surface area contributed by atoms with Gasteiger partial charge in [0.25, 0.3) is 0 Å². The van der Waals surface area contributed by atoms with Gasteiger partial charge in [-0.1, -0.05) is 19.4 Å². The Morgan fingerprint density at radius 3 is 2.74 bits per heavy atom. The molecular weight excluding hydrogens is 236 g/mol. The fourth-order valence-corrected chi connectivity index (χ4v) is 2.99. The van der Waals surface area contributed by atoms with E-state index in [0.29, 0.717) is 6.04 Å². The van der Waals surface area contributed by atoms with E-state index < -0.39 is 0 Å². The first kappa shape index (κ1) is 12.5. The fourth-order valence-electron chi connectivity index (χ4n) is 2.99. The second kappa shape index (κ2) is 5.19. The van der Waals surface area contributed by atoms with E-state index in [2.05, 4.69) is 35.3 Å². The van der Waals surface area contributed by atoms with Crippen LogP contribution < -0.4 is 5.32 Å². The third kappa shape index (κ3) is 2.57. The minimum absolute atomic E-state index is 0.542. The van der Waals surface area contributed by atoms with Crippen molar-refractivity contribution >= 4 is 11.6 Å². The first-order valence-corrected chi connectivity index (χ1v) is 7.35. The van der Waals surface area contributed by atoms with Crippen molar-refractivity contribution in [2.45, 2.75) is 52.0 Å². The zero-order chi connectivity index (χ0) is 13.2. The summed E-state index contributed by atoms with van der Waals surface area (Å²) in [6.45, 7) is 4.35. The minimum Gasteiger partial charge on any atom is -0.350 e. The molecule has 0 amide bonds. The first-order valence-electron chi connectivity index (χ1n) is 7.35. The molecule has 0 atom stereocenters. The molecule has 102 valence electrons. The highest BCUT2D eigenvalue weighted by atomic mass is 15.4. The molecule has 4 nitrogen and oxygen atoms in total. The Morgan fingerprint density at radius 1 is 1.26 bits per heavy atom. The molecule has 0 bridgehead atoms. The maximum absolute atomic E-state index is 4.55. The molecule has 2 aromatic rings. The van der Waals surface area contributed by atoms with Crippen LogP contribution in [0.1, 0.15) is 44.7 Å². The zero-order valence-electron chi connectivity index (χ0n) is 11.8. The average molecular weight is 258 g/mol. The Morgan fingerprint density at radius 2 is 2.05 bits per heavy atom. The topological polar surface area (TPSA) is 42.2 Å². The van der Waals surface area contributed by atoms with Gasteiger partial charge in [0.05, 0.1) is 0 Å². The largest absolute Gasteiger partial charge is 0.350 e. The summed E-state index contributed by atoms with van der Waals surface area (Å²) in [6.07, 6.45) is 6.47. The van der Waals surface area contributed by atoms with Crippen LogP contribution in [0.2, 0.25) is 0 Å². The summed E-state index contributed by atoms with van der Waals surface area (Å²) in [7, 11) is 0. The van der Waals surface area contributed by atoms with Gasteiger partial charge in [0, 0.05) is 11.7 Å². The molecule has 0 spiro atoms. The van der Waals surface area contributed by atoms with Crippen molar-refractivity contribution in [3.63, 3.8) is 0 Å². The molecule has 1 aliphatic carbocycles. The third-order valence-corrected chi connectivity index (χ3v) is 4.31. The van der Waals surface area contributed by atoms with E-state index in [1.54, 1.807) is 0 Å². The predicted octanol–water partition coefficient (Wildman–Crippen LogP) is 3.42. The van der Waals surface area contributed by atoms with Gasteiger partial charge >= 0.3 is 0 Å². The first-order chi connectivity index (χ1) is 9.26. The van der Waals surface area contributed by atoms with Crippen molar-refractivity contribution in [3.8, 4) is 0 Å². The average Bonchev–Trinajstić information content (AvgIpc) is 2.84. The SMILES string of the molecule is CCC1CCC(Nc2nc3cccc(C)n3n2)CC1. The Bertz CT molecular complexity index is 552. The van der Waals surface area contributed by atoms with Crippen molar-refractivity contribution < 1.29 is 0 Å². The maximum atomic E-state index is 4.55. The lowest BCUT2D eigenvalue weighted by molar-refractivity contribution is 0.329. The molecule has 3 rings (SSSR count). The van der Waals surface area contributed by atoms with E-state index in [1.807, 2.05) is 16.6 Å². The molecule has 19 heavy (non-hydrogen) atoms. The smallest absolute Gasteiger partial charge is 0.243 e. The van der Waals surface area contributed by atoms with Crippen LogP contribution in [0.25, 0.3) is 5.65 Å². The number of rotatable bonds is 3. The molecule has 1 saturated carbocycles. The normalized spacial score (nSPS) is 23.7. The van der Waals surface area contributed by atoms with Crippen molar-refractivity contribution in [1.82, 2.24) is 14.6 Å². The van der Waals surface area contributed by atoms with Gasteiger partial charge in [0.1, 0.15) is 0 Å². The van der Waals surface area contributed by atoms with Gasteiger partial charge in [0.2, 0.25) is 5.95 Å². The summed E-state index contributed by atoms with van der Waals surface area (Å²) in [5.41, 5.74) is 2.04. The van der Waals surface area contributed by atoms with Crippen LogP contribution in [0.5, 0.6) is 0 Å². The number of nitrogens with zero attached hydrogens (tertiary/aromatic N) is 3. The highest BCUT2D eigenvalue weighted by molar-refractivity contribution is 5.44. The van der Waals surface area contributed by atoms with Crippen LogP contribution in [0.4, 0.5) is 5.95 Å². The standard InChI is InChI=1S/C15H22N4/c1-3-12-7-9-13(10-8-12)16-15-17-14-6-4-5-11(2)19(14)18-15/h4-6,12-13H,3,7-10H2,1-2H3,(H,16,18). The number of fused-ring (bicyclic) bond motifs is 1. The van der Waals surface area contributed by atoms with Crippen LogP contribution in [0.3, 0.4) is 0 Å². The summed E-state index contributed by atoms with van der Waals surface area (Å²) < 4.78 is 1.90. The number of anilines is 1. The highest BCUT2D eigenvalue weighted by Gasteiger charge is 2.20. The minimum atomic E-state index is 0.542. The van der Waals surface area contributed by atoms with Crippen LogP contribution in [-0.4, -0.2) is 20.6 Å². The van der Waals surface area contributed by atoms with Gasteiger partial charge in [-0.15, -0.1) is 5.10 Å². The molecule has 4 heteroatoms. The Hall–Kier alpha value is -1.58. The lowest BCUT2D eigenvalue weighted by Crippen LogP contribution is -2.26.